The zero-order valence-corrected chi connectivity index (χ0v) is 8.74. The molecular weight excluding hydrogens is 182 g/mol. The summed E-state index contributed by atoms with van der Waals surface area (Å²) < 4.78 is 4.69. The van der Waals surface area contributed by atoms with Crippen molar-refractivity contribution >= 4 is 18.1 Å². The molecule has 0 saturated carbocycles. The molecule has 0 fully saturated rings. The third kappa shape index (κ3) is 5.24. The zero-order valence-electron chi connectivity index (χ0n) is 8.74. The minimum atomic E-state index is -0.478. The summed E-state index contributed by atoms with van der Waals surface area (Å²) in [4.78, 5) is 25.4. The highest BCUT2D eigenvalue weighted by molar-refractivity contribution is 5.89. The van der Waals surface area contributed by atoms with Gasteiger partial charge in [-0.2, -0.15) is 0 Å². The molecule has 78 valence electrons. The van der Waals surface area contributed by atoms with Gasteiger partial charge in [-0.25, -0.2) is 9.79 Å². The number of ether oxygens (including phenoxy) is 1. The smallest absolute Gasteiger partial charge is 0.333 e. The number of amides is 1. The van der Waals surface area contributed by atoms with Crippen molar-refractivity contribution < 1.29 is 14.3 Å². The average molecular weight is 197 g/mol. The van der Waals surface area contributed by atoms with E-state index < -0.39 is 5.97 Å². The van der Waals surface area contributed by atoms with E-state index in [-0.39, 0.29) is 18.4 Å². The summed E-state index contributed by atoms with van der Waals surface area (Å²) in [5, 5.41) is 0. The number of hydrogen-bond acceptors (Lipinski definition) is 3. The number of nitrogens with zero attached hydrogens (tertiary/aromatic N) is 1. The second-order valence-electron chi connectivity index (χ2n) is 3.18. The first kappa shape index (κ1) is 12.6. The molecule has 0 atom stereocenters. The van der Waals surface area contributed by atoms with Gasteiger partial charge in [-0.1, -0.05) is 20.4 Å². The number of carbonyl (C=O) groups excluding carboxylic acids is 2. The summed E-state index contributed by atoms with van der Waals surface area (Å²) in [6, 6.07) is 0. The lowest BCUT2D eigenvalue weighted by Gasteiger charge is -1.99. The van der Waals surface area contributed by atoms with Crippen molar-refractivity contribution in [2.75, 3.05) is 6.61 Å². The fourth-order valence-electron chi connectivity index (χ4n) is 0.512. The van der Waals surface area contributed by atoms with Crippen molar-refractivity contribution in [3.63, 3.8) is 0 Å². The number of carbonyl (C=O) groups is 2. The Labute approximate surface area is 83.7 Å². The van der Waals surface area contributed by atoms with Crippen LogP contribution in [-0.2, 0) is 14.3 Å². The largest absolute Gasteiger partial charge is 0.456 e. The van der Waals surface area contributed by atoms with Crippen LogP contribution in [0.1, 0.15) is 20.8 Å². The lowest BCUT2D eigenvalue weighted by molar-refractivity contribution is -0.137. The molecular formula is C10H15NO3. The third-order valence-electron chi connectivity index (χ3n) is 1.35. The minimum absolute atomic E-state index is 0.00412. The molecule has 0 aliphatic rings. The summed E-state index contributed by atoms with van der Waals surface area (Å²) in [5.41, 5.74) is 0.327. The van der Waals surface area contributed by atoms with Crippen LogP contribution in [0.15, 0.2) is 17.1 Å². The molecule has 0 aliphatic carbocycles. The monoisotopic (exact) mass is 197 g/mol. The van der Waals surface area contributed by atoms with Crippen LogP contribution in [0.4, 0.5) is 0 Å². The maximum absolute atomic E-state index is 11.0. The Morgan fingerprint density at radius 1 is 1.50 bits per heavy atom. The Kier molecular flexibility index (Phi) is 5.44. The molecule has 0 aromatic heterocycles. The maximum Gasteiger partial charge on any atom is 0.333 e. The van der Waals surface area contributed by atoms with Crippen molar-refractivity contribution in [1.29, 1.82) is 0 Å². The maximum atomic E-state index is 11.0. The van der Waals surface area contributed by atoms with E-state index in [9.17, 15) is 9.59 Å². The Balaban J connectivity index is 3.80. The van der Waals surface area contributed by atoms with Gasteiger partial charge in [0.2, 0.25) is 5.91 Å². The zero-order chi connectivity index (χ0) is 11.1. The van der Waals surface area contributed by atoms with Gasteiger partial charge in [0.25, 0.3) is 0 Å². The van der Waals surface area contributed by atoms with Crippen molar-refractivity contribution in [2.45, 2.75) is 20.8 Å². The van der Waals surface area contributed by atoms with Gasteiger partial charge in [0.1, 0.15) is 6.61 Å². The highest BCUT2D eigenvalue weighted by Gasteiger charge is 2.03. The Hall–Kier alpha value is -1.45. The Morgan fingerprint density at radius 2 is 2.07 bits per heavy atom. The quantitative estimate of drug-likeness (QED) is 0.388. The first-order valence-electron chi connectivity index (χ1n) is 4.34. The van der Waals surface area contributed by atoms with Gasteiger partial charge in [-0.3, -0.25) is 4.79 Å². The molecule has 0 saturated heterocycles. The molecule has 0 N–H and O–H groups in total. The van der Waals surface area contributed by atoms with Gasteiger partial charge in [0.15, 0.2) is 0 Å². The minimum Gasteiger partial charge on any atom is -0.456 e. The number of esters is 1. The van der Waals surface area contributed by atoms with Gasteiger partial charge < -0.3 is 4.74 Å². The predicted octanol–water partition coefficient (Wildman–Crippen LogP) is 1.36. The summed E-state index contributed by atoms with van der Waals surface area (Å²) in [6.07, 6.45) is 1.28. The third-order valence-corrected chi connectivity index (χ3v) is 1.35. The van der Waals surface area contributed by atoms with Gasteiger partial charge >= 0.3 is 5.97 Å². The van der Waals surface area contributed by atoms with Gasteiger partial charge in [0, 0.05) is 17.7 Å². The molecule has 0 aromatic carbocycles. The molecule has 0 spiro atoms. The second-order valence-corrected chi connectivity index (χ2v) is 3.18. The van der Waals surface area contributed by atoms with Crippen LogP contribution in [0.5, 0.6) is 0 Å². The summed E-state index contributed by atoms with van der Waals surface area (Å²) >= 11 is 0. The molecule has 0 unspecified atom stereocenters. The molecule has 0 bridgehead atoms. The van der Waals surface area contributed by atoms with Crippen molar-refractivity contribution in [1.82, 2.24) is 0 Å². The molecule has 0 rings (SSSR count). The molecule has 1 amide bonds. The average Bonchev–Trinajstić information content (AvgIpc) is 2.11. The predicted molar refractivity (Wildman–Crippen MR) is 54.1 cm³/mol. The van der Waals surface area contributed by atoms with E-state index in [1.165, 1.54) is 6.21 Å². The molecule has 14 heavy (non-hydrogen) atoms. The Bertz CT molecular complexity index is 267. The van der Waals surface area contributed by atoms with E-state index >= 15 is 0 Å². The highest BCUT2D eigenvalue weighted by atomic mass is 16.5. The van der Waals surface area contributed by atoms with E-state index in [0.717, 1.165) is 0 Å². The van der Waals surface area contributed by atoms with Crippen molar-refractivity contribution in [3.05, 3.63) is 12.2 Å². The van der Waals surface area contributed by atoms with E-state index in [2.05, 4.69) is 11.6 Å². The number of rotatable bonds is 4. The molecule has 0 aliphatic heterocycles. The van der Waals surface area contributed by atoms with Crippen LogP contribution in [0.2, 0.25) is 0 Å². The van der Waals surface area contributed by atoms with Crippen molar-refractivity contribution in [2.24, 2.45) is 10.9 Å². The fourth-order valence-corrected chi connectivity index (χ4v) is 0.512. The molecule has 0 radical (unpaired) electrons. The molecule has 4 nitrogen and oxygen atoms in total. The van der Waals surface area contributed by atoms with E-state index in [4.69, 9.17) is 4.74 Å². The molecule has 0 heterocycles. The lowest BCUT2D eigenvalue weighted by atomic mass is 10.2. The van der Waals surface area contributed by atoms with E-state index in [1.807, 2.05) is 0 Å². The van der Waals surface area contributed by atoms with Crippen LogP contribution >= 0.6 is 0 Å². The number of aliphatic imine (C=N–C) groups is 1. The normalized spacial score (nSPS) is 10.6. The molecule has 0 aromatic rings. The Morgan fingerprint density at radius 3 is 2.50 bits per heavy atom. The van der Waals surface area contributed by atoms with Gasteiger partial charge in [-0.15, -0.1) is 0 Å². The van der Waals surface area contributed by atoms with Gasteiger partial charge in [-0.05, 0) is 6.92 Å². The standard InChI is InChI=1S/C10H15NO3/c1-7(2)9(12)11-5-6-14-10(13)8(3)4/h5,7H,3,6H2,1-2,4H3. The van der Waals surface area contributed by atoms with Crippen LogP contribution in [0, 0.1) is 5.92 Å². The first-order valence-corrected chi connectivity index (χ1v) is 4.34. The van der Waals surface area contributed by atoms with Crippen LogP contribution in [0.3, 0.4) is 0 Å². The fraction of sp³-hybridized carbons (Fsp3) is 0.500. The lowest BCUT2D eigenvalue weighted by Crippen LogP contribution is -2.09. The summed E-state index contributed by atoms with van der Waals surface area (Å²) in [5.74, 6) is -0.840. The topological polar surface area (TPSA) is 55.7 Å². The summed E-state index contributed by atoms with van der Waals surface area (Å²) in [7, 11) is 0. The SMILES string of the molecule is C=C(C)C(=O)OCC=NC(=O)C(C)C. The molecule has 4 heteroatoms. The first-order chi connectivity index (χ1) is 6.45. The van der Waals surface area contributed by atoms with E-state index in [0.29, 0.717) is 5.57 Å². The summed E-state index contributed by atoms with van der Waals surface area (Å²) in [6.45, 7) is 8.47. The highest BCUT2D eigenvalue weighted by Crippen LogP contribution is 1.94. The van der Waals surface area contributed by atoms with Crippen LogP contribution < -0.4 is 0 Å². The van der Waals surface area contributed by atoms with Gasteiger partial charge in [0.05, 0.1) is 0 Å². The van der Waals surface area contributed by atoms with Crippen LogP contribution in [0.25, 0.3) is 0 Å². The van der Waals surface area contributed by atoms with Crippen LogP contribution in [-0.4, -0.2) is 24.7 Å². The number of hydrogen-bond donors (Lipinski definition) is 0. The van der Waals surface area contributed by atoms with E-state index in [1.54, 1.807) is 20.8 Å². The van der Waals surface area contributed by atoms with Crippen molar-refractivity contribution in [3.8, 4) is 0 Å². The second kappa shape index (κ2) is 6.07.